The summed E-state index contributed by atoms with van der Waals surface area (Å²) in [6, 6.07) is 3.98. The van der Waals surface area contributed by atoms with E-state index in [0.717, 1.165) is 16.2 Å². The summed E-state index contributed by atoms with van der Waals surface area (Å²) in [5.74, 6) is -1.71. The minimum absolute atomic E-state index is 0.113. The zero-order chi connectivity index (χ0) is 19.5. The van der Waals surface area contributed by atoms with E-state index in [2.05, 4.69) is 4.28 Å². The van der Waals surface area contributed by atoms with E-state index < -0.39 is 40.3 Å². The molecule has 2 aliphatic heterocycles. The lowest BCUT2D eigenvalue weighted by molar-refractivity contribution is -0.142. The van der Waals surface area contributed by atoms with Crippen LogP contribution in [0.3, 0.4) is 0 Å². The van der Waals surface area contributed by atoms with Crippen LogP contribution in [0.4, 0.5) is 9.18 Å². The summed E-state index contributed by atoms with van der Waals surface area (Å²) >= 11 is 1.11. The van der Waals surface area contributed by atoms with E-state index in [1.54, 1.807) is 6.07 Å². The third-order valence-electron chi connectivity index (χ3n) is 4.33. The molecule has 9 nitrogen and oxygen atoms in total. The first-order valence-corrected chi connectivity index (χ1v) is 9.73. The lowest BCUT2D eigenvalue weighted by Crippen LogP contribution is -2.38. The molecule has 1 fully saturated rings. The number of amides is 2. The number of thiophene rings is 1. The van der Waals surface area contributed by atoms with Gasteiger partial charge < -0.3 is 10.0 Å². The molecule has 2 aliphatic rings. The van der Waals surface area contributed by atoms with E-state index in [1.165, 1.54) is 24.3 Å². The molecule has 2 N–H and O–H groups in total. The largest absolute Gasteiger partial charge is 0.479 e. The van der Waals surface area contributed by atoms with Gasteiger partial charge in [-0.1, -0.05) is 12.1 Å². The number of benzene rings is 1. The van der Waals surface area contributed by atoms with Gasteiger partial charge in [0.15, 0.2) is 6.04 Å². The maximum absolute atomic E-state index is 13.1. The molecule has 0 unspecified atom stereocenters. The van der Waals surface area contributed by atoms with Crippen LogP contribution in [0.2, 0.25) is 0 Å². The van der Waals surface area contributed by atoms with Gasteiger partial charge in [-0.2, -0.15) is 13.5 Å². The molecular weight excluding hydrogens is 403 g/mol. The predicted molar refractivity (Wildman–Crippen MR) is 89.4 cm³/mol. The summed E-state index contributed by atoms with van der Waals surface area (Å²) < 4.78 is 48.6. The van der Waals surface area contributed by atoms with Crippen molar-refractivity contribution in [2.75, 3.05) is 6.54 Å². The quantitative estimate of drug-likeness (QED) is 0.735. The molecule has 2 bridgehead atoms. The SMILES string of the molecule is O=C(O)[C@@H]1c2sc(-c3ccc(F)cc3)cc2[C@H]2CN1C(=O)N2OS(=O)(=O)O. The van der Waals surface area contributed by atoms with Crippen LogP contribution in [0, 0.1) is 5.82 Å². The van der Waals surface area contributed by atoms with Crippen LogP contribution >= 0.6 is 11.3 Å². The second kappa shape index (κ2) is 5.99. The van der Waals surface area contributed by atoms with Gasteiger partial charge in [0.2, 0.25) is 0 Å². The molecule has 0 radical (unpaired) electrons. The van der Waals surface area contributed by atoms with Gasteiger partial charge in [0.25, 0.3) is 0 Å². The van der Waals surface area contributed by atoms with Crippen LogP contribution in [0.1, 0.15) is 22.5 Å². The van der Waals surface area contributed by atoms with E-state index >= 15 is 0 Å². The standard InChI is InChI=1S/C15H11FN2O7S2/c16-8-3-1-7(2-4-8)11-5-9-10-6-17(12(14(19)20)13(9)26-11)15(21)18(10)25-27(22,23)24/h1-5,10,12H,6H2,(H,19,20)(H,22,23,24)/t10-,12+/m1/s1. The second-order valence-electron chi connectivity index (χ2n) is 5.96. The van der Waals surface area contributed by atoms with Gasteiger partial charge in [0, 0.05) is 9.75 Å². The van der Waals surface area contributed by atoms with Gasteiger partial charge in [0.05, 0.1) is 6.54 Å². The highest BCUT2D eigenvalue weighted by atomic mass is 32.3. The molecule has 2 aromatic rings. The number of nitrogens with zero attached hydrogens (tertiary/aromatic N) is 2. The summed E-state index contributed by atoms with van der Waals surface area (Å²) in [5, 5.41) is 10.1. The zero-order valence-corrected chi connectivity index (χ0v) is 14.9. The van der Waals surface area contributed by atoms with Crippen molar-refractivity contribution >= 4 is 33.7 Å². The molecule has 2 atom stereocenters. The van der Waals surface area contributed by atoms with E-state index in [9.17, 15) is 27.5 Å². The first-order chi connectivity index (χ1) is 12.7. The zero-order valence-electron chi connectivity index (χ0n) is 13.3. The lowest BCUT2D eigenvalue weighted by atomic mass is 9.98. The highest BCUT2D eigenvalue weighted by molar-refractivity contribution is 7.80. The monoisotopic (exact) mass is 414 g/mol. The third-order valence-corrected chi connectivity index (χ3v) is 5.94. The highest BCUT2D eigenvalue weighted by Gasteiger charge is 2.53. The van der Waals surface area contributed by atoms with Crippen molar-refractivity contribution in [3.05, 3.63) is 46.6 Å². The van der Waals surface area contributed by atoms with Crippen LogP contribution in [-0.4, -0.2) is 46.6 Å². The Kier molecular flexibility index (Phi) is 3.96. The Balaban J connectivity index is 1.83. The van der Waals surface area contributed by atoms with Crippen molar-refractivity contribution in [1.82, 2.24) is 9.96 Å². The predicted octanol–water partition coefficient (Wildman–Crippen LogP) is 2.21. The molecule has 0 aliphatic carbocycles. The van der Waals surface area contributed by atoms with Crippen molar-refractivity contribution < 1.29 is 36.3 Å². The van der Waals surface area contributed by atoms with Gasteiger partial charge in [0.1, 0.15) is 11.9 Å². The number of urea groups is 1. The van der Waals surface area contributed by atoms with E-state index in [4.69, 9.17) is 4.55 Å². The summed E-state index contributed by atoms with van der Waals surface area (Å²) in [6.45, 7) is -0.113. The number of hydroxylamine groups is 2. The molecule has 27 heavy (non-hydrogen) atoms. The third kappa shape index (κ3) is 2.96. The minimum atomic E-state index is -4.98. The maximum Gasteiger partial charge on any atom is 0.418 e. The van der Waals surface area contributed by atoms with Crippen molar-refractivity contribution in [2.45, 2.75) is 12.1 Å². The van der Waals surface area contributed by atoms with E-state index in [1.807, 2.05) is 0 Å². The fourth-order valence-corrected chi connectivity index (χ4v) is 4.96. The number of carbonyl (C=O) groups is 2. The Labute approximate surface area is 156 Å². The average Bonchev–Trinajstić information content (AvgIpc) is 3.11. The van der Waals surface area contributed by atoms with Crippen molar-refractivity contribution in [1.29, 1.82) is 0 Å². The number of carboxylic acid groups (broad SMARTS) is 1. The minimum Gasteiger partial charge on any atom is -0.479 e. The fourth-order valence-electron chi connectivity index (χ4n) is 3.26. The smallest absolute Gasteiger partial charge is 0.418 e. The summed E-state index contributed by atoms with van der Waals surface area (Å²) in [5.41, 5.74) is 1.04. The molecule has 4 rings (SSSR count). The Bertz CT molecular complexity index is 1050. The first kappa shape index (κ1) is 17.9. The summed E-state index contributed by atoms with van der Waals surface area (Å²) in [7, 11) is -4.98. The lowest BCUT2D eigenvalue weighted by Gasteiger charge is -2.27. The molecule has 0 saturated carbocycles. The number of aliphatic carboxylic acids is 1. The average molecular weight is 414 g/mol. The Morgan fingerprint density at radius 3 is 2.56 bits per heavy atom. The van der Waals surface area contributed by atoms with Gasteiger partial charge in [-0.25, -0.2) is 14.0 Å². The molecule has 3 heterocycles. The number of hydrogen-bond acceptors (Lipinski definition) is 6. The Morgan fingerprint density at radius 2 is 1.96 bits per heavy atom. The number of halogens is 1. The number of rotatable bonds is 4. The first-order valence-electron chi connectivity index (χ1n) is 7.55. The van der Waals surface area contributed by atoms with Crippen LogP contribution in [-0.2, 0) is 19.5 Å². The van der Waals surface area contributed by atoms with E-state index in [-0.39, 0.29) is 6.54 Å². The topological polar surface area (TPSA) is 124 Å². The molecule has 0 spiro atoms. The van der Waals surface area contributed by atoms with Crippen LogP contribution in [0.25, 0.3) is 10.4 Å². The Hall–Kier alpha value is -2.54. The molecule has 12 heteroatoms. The van der Waals surface area contributed by atoms with Crippen molar-refractivity contribution in [3.63, 3.8) is 0 Å². The van der Waals surface area contributed by atoms with Gasteiger partial charge in [-0.3, -0.25) is 4.55 Å². The number of hydrogen-bond donors (Lipinski definition) is 2. The molecule has 1 saturated heterocycles. The second-order valence-corrected chi connectivity index (χ2v) is 8.05. The van der Waals surface area contributed by atoms with Gasteiger partial charge in [-0.05, 0) is 29.3 Å². The molecule has 142 valence electrons. The Morgan fingerprint density at radius 1 is 1.30 bits per heavy atom. The molecular formula is C15H11FN2O7S2. The molecule has 1 aromatic heterocycles. The summed E-state index contributed by atoms with van der Waals surface area (Å²) in [4.78, 5) is 26.1. The summed E-state index contributed by atoms with van der Waals surface area (Å²) in [6.07, 6.45) is 0. The van der Waals surface area contributed by atoms with Gasteiger partial charge in [-0.15, -0.1) is 15.6 Å². The maximum atomic E-state index is 13.1. The van der Waals surface area contributed by atoms with Crippen LogP contribution in [0.15, 0.2) is 30.3 Å². The fraction of sp³-hybridized carbons (Fsp3) is 0.200. The van der Waals surface area contributed by atoms with Gasteiger partial charge >= 0.3 is 22.4 Å². The number of fused-ring (bicyclic) bond motifs is 4. The van der Waals surface area contributed by atoms with Crippen LogP contribution < -0.4 is 0 Å². The number of carboxylic acids is 1. The number of carbonyl (C=O) groups excluding carboxylic acids is 1. The van der Waals surface area contributed by atoms with Crippen molar-refractivity contribution in [2.24, 2.45) is 0 Å². The highest BCUT2D eigenvalue weighted by Crippen LogP contribution is 2.49. The van der Waals surface area contributed by atoms with Crippen molar-refractivity contribution in [3.8, 4) is 10.4 Å². The normalized spacial score (nSPS) is 21.5. The molecule has 2 amide bonds. The van der Waals surface area contributed by atoms with Crippen LogP contribution in [0.5, 0.6) is 0 Å². The van der Waals surface area contributed by atoms with E-state index in [0.29, 0.717) is 25.9 Å². The molecule has 1 aromatic carbocycles.